The molecule has 6 nitrogen and oxygen atoms in total. The van der Waals surface area contributed by atoms with E-state index < -0.39 is 10.0 Å². The first kappa shape index (κ1) is 20.5. The molecule has 3 unspecified atom stereocenters. The number of sulfonamides is 1. The van der Waals surface area contributed by atoms with Crippen LogP contribution in [-0.2, 0) is 14.8 Å². The Kier molecular flexibility index (Phi) is 5.84. The van der Waals surface area contributed by atoms with Gasteiger partial charge in [0.25, 0.3) is 0 Å². The molecule has 9 heteroatoms. The third kappa shape index (κ3) is 3.61. The van der Waals surface area contributed by atoms with Gasteiger partial charge in [0.05, 0.1) is 11.5 Å². The lowest BCUT2D eigenvalue weighted by Gasteiger charge is -2.18. The van der Waals surface area contributed by atoms with Gasteiger partial charge in [0.2, 0.25) is 10.0 Å². The van der Waals surface area contributed by atoms with Crippen LogP contribution in [0.4, 0.5) is 0 Å². The zero-order valence-electron chi connectivity index (χ0n) is 15.0. The molecule has 3 atom stereocenters. The minimum absolute atomic E-state index is 0. The van der Waals surface area contributed by atoms with E-state index in [4.69, 9.17) is 10.5 Å². The predicted octanol–water partition coefficient (Wildman–Crippen LogP) is 2.86. The summed E-state index contributed by atoms with van der Waals surface area (Å²) in [5.74, 6) is 0.268. The summed E-state index contributed by atoms with van der Waals surface area (Å²) >= 11 is 1.31. The van der Waals surface area contributed by atoms with Gasteiger partial charge in [-0.1, -0.05) is 0 Å². The molecule has 2 aliphatic rings. The number of fused-ring (bicyclic) bond motifs is 2. The number of carbonyl (C=O) groups is 1. The van der Waals surface area contributed by atoms with Crippen molar-refractivity contribution in [2.45, 2.75) is 30.7 Å². The van der Waals surface area contributed by atoms with Crippen LogP contribution in [0.25, 0.3) is 10.1 Å². The normalized spacial score (nSPS) is 25.3. The maximum absolute atomic E-state index is 13.1. The summed E-state index contributed by atoms with van der Waals surface area (Å²) < 4.78 is 33.6. The van der Waals surface area contributed by atoms with Crippen LogP contribution in [0.15, 0.2) is 29.2 Å². The van der Waals surface area contributed by atoms with E-state index in [1.54, 1.807) is 35.5 Å². The highest BCUT2D eigenvalue weighted by Crippen LogP contribution is 2.39. The van der Waals surface area contributed by atoms with E-state index in [-0.39, 0.29) is 35.2 Å². The van der Waals surface area contributed by atoms with Gasteiger partial charge in [-0.05, 0) is 61.3 Å². The largest absolute Gasteiger partial charge is 0.462 e. The maximum atomic E-state index is 13.1. The highest BCUT2D eigenvalue weighted by atomic mass is 35.5. The van der Waals surface area contributed by atoms with E-state index >= 15 is 0 Å². The average Bonchev–Trinajstić information content (AvgIpc) is 3.30. The molecule has 0 radical (unpaired) electrons. The van der Waals surface area contributed by atoms with Crippen molar-refractivity contribution in [3.05, 3.63) is 29.1 Å². The summed E-state index contributed by atoms with van der Waals surface area (Å²) in [4.78, 5) is 12.7. The predicted molar refractivity (Wildman–Crippen MR) is 108 cm³/mol. The second-order valence-electron chi connectivity index (χ2n) is 7.02. The zero-order valence-corrected chi connectivity index (χ0v) is 17.4. The van der Waals surface area contributed by atoms with Crippen molar-refractivity contribution in [1.82, 2.24) is 4.31 Å². The van der Waals surface area contributed by atoms with Crippen molar-refractivity contribution >= 4 is 49.8 Å². The fraction of sp³-hybridized carbons (Fsp3) is 0.500. The molecule has 1 aromatic carbocycles. The Bertz CT molecular complexity index is 959. The van der Waals surface area contributed by atoms with Gasteiger partial charge in [-0.25, -0.2) is 13.2 Å². The molecule has 2 fully saturated rings. The number of nitrogens with two attached hydrogens (primary N) is 1. The van der Waals surface area contributed by atoms with Crippen LogP contribution in [0.1, 0.15) is 29.4 Å². The van der Waals surface area contributed by atoms with Crippen LogP contribution in [0.2, 0.25) is 0 Å². The van der Waals surface area contributed by atoms with E-state index in [0.717, 1.165) is 22.9 Å². The molecule has 2 heterocycles. The number of hydrogen-bond donors (Lipinski definition) is 1. The molecular weight excluding hydrogens is 408 g/mol. The maximum Gasteiger partial charge on any atom is 0.348 e. The smallest absolute Gasteiger partial charge is 0.348 e. The first-order valence-electron chi connectivity index (χ1n) is 8.86. The van der Waals surface area contributed by atoms with Gasteiger partial charge in [-0.2, -0.15) is 4.31 Å². The molecule has 1 saturated carbocycles. The average molecular weight is 431 g/mol. The first-order valence-corrected chi connectivity index (χ1v) is 11.1. The molecule has 0 bridgehead atoms. The molecule has 27 heavy (non-hydrogen) atoms. The van der Waals surface area contributed by atoms with E-state index in [1.807, 2.05) is 0 Å². The molecule has 1 saturated heterocycles. The summed E-state index contributed by atoms with van der Waals surface area (Å²) in [5, 5.41) is 0.746. The topological polar surface area (TPSA) is 89.7 Å². The number of ether oxygens (including phenoxy) is 1. The molecule has 0 spiro atoms. The fourth-order valence-corrected chi connectivity index (χ4v) is 6.60. The number of carbonyl (C=O) groups excluding carboxylic acids is 1. The summed E-state index contributed by atoms with van der Waals surface area (Å²) in [6.45, 7) is 3.12. The molecule has 2 N–H and O–H groups in total. The Morgan fingerprint density at radius 1 is 1.30 bits per heavy atom. The SMILES string of the molecule is CCOC(=O)c1cc2cc(S(=O)(=O)N3CC4CCC(N)C4C3)ccc2s1.Cl. The number of esters is 1. The quantitative estimate of drug-likeness (QED) is 0.753. The third-order valence-corrected chi connectivity index (χ3v) is 8.40. The fourth-order valence-electron chi connectivity index (χ4n) is 4.10. The molecule has 2 aromatic rings. The van der Waals surface area contributed by atoms with E-state index in [2.05, 4.69) is 0 Å². The highest BCUT2D eigenvalue weighted by Gasteiger charge is 2.45. The van der Waals surface area contributed by atoms with Gasteiger partial charge in [-0.15, -0.1) is 23.7 Å². The van der Waals surface area contributed by atoms with Crippen LogP contribution in [-0.4, -0.2) is 44.4 Å². The van der Waals surface area contributed by atoms with Crippen LogP contribution >= 0.6 is 23.7 Å². The van der Waals surface area contributed by atoms with E-state index in [9.17, 15) is 13.2 Å². The van der Waals surface area contributed by atoms with Gasteiger partial charge in [0.15, 0.2) is 0 Å². The lowest BCUT2D eigenvalue weighted by molar-refractivity contribution is 0.0532. The van der Waals surface area contributed by atoms with Crippen LogP contribution in [0, 0.1) is 11.8 Å². The van der Waals surface area contributed by atoms with Crippen molar-refractivity contribution < 1.29 is 17.9 Å². The lowest BCUT2D eigenvalue weighted by Crippen LogP contribution is -2.33. The summed E-state index contributed by atoms with van der Waals surface area (Å²) in [6.07, 6.45) is 1.99. The molecule has 4 rings (SSSR count). The number of rotatable bonds is 4. The lowest BCUT2D eigenvalue weighted by atomic mass is 9.98. The summed E-state index contributed by atoms with van der Waals surface area (Å²) in [7, 11) is -3.55. The molecule has 0 amide bonds. The Morgan fingerprint density at radius 2 is 2.07 bits per heavy atom. The van der Waals surface area contributed by atoms with Gasteiger partial charge in [0, 0.05) is 23.8 Å². The minimum Gasteiger partial charge on any atom is -0.462 e. The van der Waals surface area contributed by atoms with Gasteiger partial charge in [-0.3, -0.25) is 0 Å². The Morgan fingerprint density at radius 3 is 2.78 bits per heavy atom. The van der Waals surface area contributed by atoms with Crippen LogP contribution in [0.3, 0.4) is 0 Å². The van der Waals surface area contributed by atoms with E-state index in [0.29, 0.717) is 30.5 Å². The van der Waals surface area contributed by atoms with Gasteiger partial charge >= 0.3 is 5.97 Å². The second kappa shape index (κ2) is 7.67. The third-order valence-electron chi connectivity index (χ3n) is 5.48. The Hall–Kier alpha value is -1.19. The Balaban J connectivity index is 0.00000210. The second-order valence-corrected chi connectivity index (χ2v) is 10.0. The van der Waals surface area contributed by atoms with Crippen LogP contribution in [0.5, 0.6) is 0 Å². The number of nitrogens with zero attached hydrogens (tertiary/aromatic N) is 1. The monoisotopic (exact) mass is 430 g/mol. The van der Waals surface area contributed by atoms with Crippen molar-refractivity contribution in [2.24, 2.45) is 17.6 Å². The van der Waals surface area contributed by atoms with Crippen molar-refractivity contribution in [1.29, 1.82) is 0 Å². The summed E-state index contributed by atoms with van der Waals surface area (Å²) in [5.41, 5.74) is 6.13. The van der Waals surface area contributed by atoms with Gasteiger partial charge < -0.3 is 10.5 Å². The molecule has 148 valence electrons. The minimum atomic E-state index is -3.55. The number of halogens is 1. The number of thiophene rings is 1. The standard InChI is InChI=1S/C18H22N2O4S2.ClH/c1-2-24-18(21)17-8-12-7-13(4-6-16(12)25-17)26(22,23)20-9-11-3-5-15(19)14(11)10-20;/h4,6-8,11,14-15H,2-3,5,9-10,19H2,1H3;1H. The highest BCUT2D eigenvalue weighted by molar-refractivity contribution is 7.89. The molecule has 1 aliphatic carbocycles. The van der Waals surface area contributed by atoms with Crippen molar-refractivity contribution in [2.75, 3.05) is 19.7 Å². The van der Waals surface area contributed by atoms with E-state index in [1.165, 1.54) is 11.3 Å². The number of benzene rings is 1. The van der Waals surface area contributed by atoms with Crippen molar-refractivity contribution in [3.63, 3.8) is 0 Å². The van der Waals surface area contributed by atoms with Crippen molar-refractivity contribution in [3.8, 4) is 0 Å². The van der Waals surface area contributed by atoms with Crippen LogP contribution < -0.4 is 5.73 Å². The summed E-state index contributed by atoms with van der Waals surface area (Å²) in [6, 6.07) is 6.84. The zero-order chi connectivity index (χ0) is 18.5. The molecular formula is C18H23ClN2O4S2. The molecule has 1 aliphatic heterocycles. The Labute approximate surface area is 169 Å². The molecule has 1 aromatic heterocycles. The first-order chi connectivity index (χ1) is 12.4. The van der Waals surface area contributed by atoms with Gasteiger partial charge in [0.1, 0.15) is 4.88 Å². The number of hydrogen-bond acceptors (Lipinski definition) is 6.